The van der Waals surface area contributed by atoms with Gasteiger partial charge in [0.2, 0.25) is 0 Å². The molecule has 1 saturated heterocycles. The second kappa shape index (κ2) is 10.5. The number of carbonyl (C=O) groups is 1. The summed E-state index contributed by atoms with van der Waals surface area (Å²) in [7, 11) is 0. The molecule has 0 unspecified atom stereocenters. The molecule has 3 atom stereocenters. The van der Waals surface area contributed by atoms with Gasteiger partial charge in [-0.05, 0) is 29.7 Å². The van der Waals surface area contributed by atoms with Crippen LogP contribution in [0.2, 0.25) is 5.02 Å². The standard InChI is InChI=1S/C23H24ClF4NO2/c1-14(13-26)20(29(9-8-25)23(30)21-7-10-31-21)12-16-3-2-4-17(22(16)28)15-5-6-19(27)18(24)11-15/h2-6,11,14,20-21H,7-10,12-13H2,1H3/t14-,20-,21+/m0/s1. The van der Waals surface area contributed by atoms with Gasteiger partial charge in [0.05, 0.1) is 18.3 Å². The van der Waals surface area contributed by atoms with Gasteiger partial charge in [-0.3, -0.25) is 9.18 Å². The monoisotopic (exact) mass is 457 g/mol. The molecule has 0 N–H and O–H groups in total. The molecule has 0 bridgehead atoms. The summed E-state index contributed by atoms with van der Waals surface area (Å²) in [5.74, 6) is -2.24. The van der Waals surface area contributed by atoms with Gasteiger partial charge >= 0.3 is 0 Å². The maximum atomic E-state index is 15.4. The molecule has 0 aromatic heterocycles. The number of amides is 1. The highest BCUT2D eigenvalue weighted by atomic mass is 35.5. The summed E-state index contributed by atoms with van der Waals surface area (Å²) in [4.78, 5) is 14.1. The Kier molecular flexibility index (Phi) is 7.94. The molecule has 1 aliphatic heterocycles. The van der Waals surface area contributed by atoms with Crippen molar-refractivity contribution in [3.05, 3.63) is 58.6 Å². The van der Waals surface area contributed by atoms with E-state index in [1.54, 1.807) is 19.1 Å². The van der Waals surface area contributed by atoms with Crippen LogP contribution < -0.4 is 0 Å². The summed E-state index contributed by atoms with van der Waals surface area (Å²) >= 11 is 5.83. The van der Waals surface area contributed by atoms with Crippen LogP contribution in [0.3, 0.4) is 0 Å². The van der Waals surface area contributed by atoms with Crippen LogP contribution >= 0.6 is 11.6 Å². The van der Waals surface area contributed by atoms with Crippen LogP contribution in [0.1, 0.15) is 18.9 Å². The van der Waals surface area contributed by atoms with Crippen molar-refractivity contribution in [1.82, 2.24) is 4.90 Å². The van der Waals surface area contributed by atoms with Gasteiger partial charge in [-0.1, -0.05) is 42.8 Å². The molecule has 2 aromatic carbocycles. The van der Waals surface area contributed by atoms with E-state index in [1.807, 2.05) is 0 Å². The minimum Gasteiger partial charge on any atom is -0.368 e. The Morgan fingerprint density at radius 2 is 2.00 bits per heavy atom. The molecule has 2 aromatic rings. The van der Waals surface area contributed by atoms with E-state index in [0.717, 1.165) is 6.07 Å². The van der Waals surface area contributed by atoms with Crippen molar-refractivity contribution in [2.45, 2.75) is 31.9 Å². The molecule has 0 saturated carbocycles. The Labute approximate surface area is 183 Å². The van der Waals surface area contributed by atoms with Gasteiger partial charge in [-0.15, -0.1) is 0 Å². The number of carbonyl (C=O) groups excluding carboxylic acids is 1. The molecule has 1 fully saturated rings. The quantitative estimate of drug-likeness (QED) is 0.472. The van der Waals surface area contributed by atoms with Crippen molar-refractivity contribution in [2.24, 2.45) is 5.92 Å². The summed E-state index contributed by atoms with van der Waals surface area (Å²) in [5, 5.41) is -0.133. The topological polar surface area (TPSA) is 29.5 Å². The highest BCUT2D eigenvalue weighted by Crippen LogP contribution is 2.30. The third-order valence-corrected chi connectivity index (χ3v) is 5.91. The van der Waals surface area contributed by atoms with Gasteiger partial charge < -0.3 is 9.64 Å². The van der Waals surface area contributed by atoms with E-state index in [2.05, 4.69) is 0 Å². The summed E-state index contributed by atoms with van der Waals surface area (Å²) in [6.45, 7) is 0.278. The van der Waals surface area contributed by atoms with E-state index in [9.17, 15) is 18.0 Å². The molecule has 31 heavy (non-hydrogen) atoms. The molecule has 168 valence electrons. The van der Waals surface area contributed by atoms with Gasteiger partial charge in [-0.25, -0.2) is 13.2 Å². The largest absolute Gasteiger partial charge is 0.368 e. The van der Waals surface area contributed by atoms with E-state index < -0.39 is 49.0 Å². The summed E-state index contributed by atoms with van der Waals surface area (Å²) < 4.78 is 61.0. The van der Waals surface area contributed by atoms with Crippen LogP contribution in [0.4, 0.5) is 17.6 Å². The first-order valence-electron chi connectivity index (χ1n) is 10.1. The van der Waals surface area contributed by atoms with Crippen molar-refractivity contribution in [1.29, 1.82) is 0 Å². The van der Waals surface area contributed by atoms with Crippen LogP contribution in [0.15, 0.2) is 36.4 Å². The molecule has 1 heterocycles. The number of halogens is 5. The Balaban J connectivity index is 1.93. The van der Waals surface area contributed by atoms with Crippen molar-refractivity contribution >= 4 is 17.5 Å². The van der Waals surface area contributed by atoms with Crippen LogP contribution in [0, 0.1) is 17.6 Å². The van der Waals surface area contributed by atoms with Crippen LogP contribution in [-0.4, -0.2) is 49.5 Å². The van der Waals surface area contributed by atoms with Gasteiger partial charge in [0.15, 0.2) is 0 Å². The maximum Gasteiger partial charge on any atom is 0.252 e. The molecule has 1 aliphatic rings. The van der Waals surface area contributed by atoms with E-state index in [1.165, 1.54) is 23.1 Å². The zero-order valence-corrected chi connectivity index (χ0v) is 17.8. The number of ether oxygens (including phenoxy) is 1. The minimum atomic E-state index is -0.801. The van der Waals surface area contributed by atoms with E-state index in [0.29, 0.717) is 18.6 Å². The number of hydrogen-bond donors (Lipinski definition) is 0. The minimum absolute atomic E-state index is 0.00184. The number of rotatable bonds is 9. The fraction of sp³-hybridized carbons (Fsp3) is 0.435. The molecule has 0 radical (unpaired) electrons. The molecule has 0 aliphatic carbocycles. The molecular weight excluding hydrogens is 434 g/mol. The summed E-state index contributed by atoms with van der Waals surface area (Å²) in [6.07, 6.45) is -0.149. The van der Waals surface area contributed by atoms with Crippen molar-refractivity contribution in [3.63, 3.8) is 0 Å². The second-order valence-corrected chi connectivity index (χ2v) is 8.09. The van der Waals surface area contributed by atoms with Crippen LogP contribution in [-0.2, 0) is 16.0 Å². The molecular formula is C23H24ClF4NO2. The SMILES string of the molecule is C[C@@H](CF)[C@H](Cc1cccc(-c2ccc(F)c(Cl)c2)c1F)N(CCF)C(=O)[C@H]1CCO1. The first-order chi connectivity index (χ1) is 14.9. The lowest BCUT2D eigenvalue weighted by molar-refractivity contribution is -0.160. The second-order valence-electron chi connectivity index (χ2n) is 7.68. The summed E-state index contributed by atoms with van der Waals surface area (Å²) in [6, 6.07) is 7.84. The Morgan fingerprint density at radius 1 is 1.26 bits per heavy atom. The van der Waals surface area contributed by atoms with Crippen molar-refractivity contribution in [3.8, 4) is 11.1 Å². The fourth-order valence-corrected chi connectivity index (χ4v) is 3.90. The van der Waals surface area contributed by atoms with Gasteiger partial charge in [0.1, 0.15) is 24.4 Å². The lowest BCUT2D eigenvalue weighted by Gasteiger charge is -2.38. The normalized spacial score (nSPS) is 17.7. The molecule has 3 rings (SSSR count). The smallest absolute Gasteiger partial charge is 0.252 e. The summed E-state index contributed by atoms with van der Waals surface area (Å²) in [5.41, 5.74) is 0.839. The highest BCUT2D eigenvalue weighted by molar-refractivity contribution is 6.31. The first-order valence-corrected chi connectivity index (χ1v) is 10.5. The van der Waals surface area contributed by atoms with Crippen molar-refractivity contribution < 1.29 is 27.1 Å². The average molecular weight is 458 g/mol. The van der Waals surface area contributed by atoms with Crippen LogP contribution in [0.5, 0.6) is 0 Å². The lowest BCUT2D eigenvalue weighted by Crippen LogP contribution is -2.53. The lowest BCUT2D eigenvalue weighted by atomic mass is 9.91. The van der Waals surface area contributed by atoms with Gasteiger partial charge in [0, 0.05) is 30.5 Å². The first kappa shape index (κ1) is 23.5. The number of benzene rings is 2. The van der Waals surface area contributed by atoms with E-state index >= 15 is 4.39 Å². The molecule has 8 heteroatoms. The average Bonchev–Trinajstić information content (AvgIpc) is 2.72. The van der Waals surface area contributed by atoms with Gasteiger partial charge in [0.25, 0.3) is 5.91 Å². The number of nitrogens with zero attached hydrogens (tertiary/aromatic N) is 1. The Morgan fingerprint density at radius 3 is 2.58 bits per heavy atom. The maximum absolute atomic E-state index is 15.4. The molecule has 1 amide bonds. The third-order valence-electron chi connectivity index (χ3n) is 5.62. The van der Waals surface area contributed by atoms with E-state index in [-0.39, 0.29) is 29.1 Å². The highest BCUT2D eigenvalue weighted by Gasteiger charge is 2.36. The predicted octanol–water partition coefficient (Wildman–Crippen LogP) is 5.39. The number of hydrogen-bond acceptors (Lipinski definition) is 2. The molecule has 3 nitrogen and oxygen atoms in total. The zero-order chi connectivity index (χ0) is 22.5. The predicted molar refractivity (Wildman–Crippen MR) is 111 cm³/mol. The van der Waals surface area contributed by atoms with E-state index in [4.69, 9.17) is 16.3 Å². The van der Waals surface area contributed by atoms with Crippen LogP contribution in [0.25, 0.3) is 11.1 Å². The zero-order valence-electron chi connectivity index (χ0n) is 17.1. The number of alkyl halides is 2. The van der Waals surface area contributed by atoms with Crippen molar-refractivity contribution in [2.75, 3.05) is 26.5 Å². The third kappa shape index (κ3) is 5.21. The van der Waals surface area contributed by atoms with Gasteiger partial charge in [-0.2, -0.15) is 0 Å². The molecule has 0 spiro atoms. The Bertz CT molecular complexity index is 922. The Hall–Kier alpha value is -2.12. The fourth-order valence-electron chi connectivity index (χ4n) is 3.72.